The zero-order chi connectivity index (χ0) is 17.7. The predicted molar refractivity (Wildman–Crippen MR) is 99.0 cm³/mol. The number of nitrogens with one attached hydrogen (secondary N) is 3. The maximum Gasteiger partial charge on any atom is 0.275 e. The van der Waals surface area contributed by atoms with Crippen LogP contribution in [-0.2, 0) is 9.59 Å². The van der Waals surface area contributed by atoms with Gasteiger partial charge in [-0.2, -0.15) is 0 Å². The van der Waals surface area contributed by atoms with Crippen molar-refractivity contribution >= 4 is 33.4 Å². The summed E-state index contributed by atoms with van der Waals surface area (Å²) in [5.74, 6) is 1.04. The molecule has 1 fully saturated rings. The summed E-state index contributed by atoms with van der Waals surface area (Å²) in [6.07, 6.45) is 1.24. The van der Waals surface area contributed by atoms with E-state index in [1.165, 1.54) is 11.3 Å². The van der Waals surface area contributed by atoms with E-state index < -0.39 is 0 Å². The number of carbonyl (C=O) groups is 2. The molecule has 0 radical (unpaired) electrons. The quantitative estimate of drug-likeness (QED) is 0.703. The summed E-state index contributed by atoms with van der Waals surface area (Å²) >= 11 is 3.40. The Labute approximate surface area is 152 Å². The van der Waals surface area contributed by atoms with Crippen LogP contribution in [0.4, 0.5) is 5.69 Å². The zero-order valence-electron chi connectivity index (χ0n) is 14.6. The second kappa shape index (κ2) is 8.62. The lowest BCUT2D eigenvalue weighted by Gasteiger charge is -2.31. The fourth-order valence-corrected chi connectivity index (χ4v) is 3.97. The smallest absolute Gasteiger partial charge is 0.275 e. The number of benzene rings is 1. The van der Waals surface area contributed by atoms with Gasteiger partial charge in [0.2, 0.25) is 5.91 Å². The number of piperidine rings is 1. The molecule has 2 rings (SSSR count). The lowest BCUT2D eigenvalue weighted by molar-refractivity contribution is -0.904. The minimum Gasteiger partial charge on any atom is -0.342 e. The number of quaternary nitrogens is 1. The van der Waals surface area contributed by atoms with Crippen molar-refractivity contribution in [1.29, 1.82) is 0 Å². The number of amides is 2. The molecule has 1 heterocycles. The fourth-order valence-electron chi connectivity index (χ4n) is 3.50. The standard InChI is InChI=1S/C18H26BrN3O2/c1-12-6-13(2)10-22(9-12)11-18(24)20-8-17(23)21-16-5-4-15(19)7-14(16)3/h4-5,7,12-13H,6,8-11H2,1-3H3,(H,20,24)(H,21,23)/p+1/t12-,13+. The highest BCUT2D eigenvalue weighted by Crippen LogP contribution is 2.19. The van der Waals surface area contributed by atoms with E-state index in [2.05, 4.69) is 40.4 Å². The monoisotopic (exact) mass is 396 g/mol. The molecule has 2 amide bonds. The minimum absolute atomic E-state index is 0.00667. The summed E-state index contributed by atoms with van der Waals surface area (Å²) in [5.41, 5.74) is 1.74. The van der Waals surface area contributed by atoms with Gasteiger partial charge in [-0.3, -0.25) is 9.59 Å². The molecular formula is C18H27BrN3O2+. The molecule has 1 aliphatic rings. The Hall–Kier alpha value is -1.40. The Morgan fingerprint density at radius 1 is 1.21 bits per heavy atom. The van der Waals surface area contributed by atoms with Crippen LogP contribution in [0, 0.1) is 18.8 Å². The van der Waals surface area contributed by atoms with Gasteiger partial charge in [0.15, 0.2) is 6.54 Å². The molecule has 0 aliphatic carbocycles. The molecule has 1 unspecified atom stereocenters. The summed E-state index contributed by atoms with van der Waals surface area (Å²) in [7, 11) is 0. The molecule has 6 heteroatoms. The number of carbonyl (C=O) groups excluding carboxylic acids is 2. The predicted octanol–water partition coefficient (Wildman–Crippen LogP) is 1.37. The lowest BCUT2D eigenvalue weighted by Crippen LogP contribution is -3.15. The number of aryl methyl sites for hydroxylation is 1. The van der Waals surface area contributed by atoms with Crippen LogP contribution in [0.25, 0.3) is 0 Å². The van der Waals surface area contributed by atoms with Crippen molar-refractivity contribution in [3.05, 3.63) is 28.2 Å². The second-order valence-corrected chi connectivity index (χ2v) is 7.98. The van der Waals surface area contributed by atoms with Crippen molar-refractivity contribution in [2.75, 3.05) is 31.5 Å². The first-order valence-electron chi connectivity index (χ1n) is 8.49. The first-order chi connectivity index (χ1) is 11.3. The van der Waals surface area contributed by atoms with Gasteiger partial charge < -0.3 is 15.5 Å². The minimum atomic E-state index is -0.204. The van der Waals surface area contributed by atoms with Crippen molar-refractivity contribution in [3.8, 4) is 0 Å². The summed E-state index contributed by atoms with van der Waals surface area (Å²) in [6, 6.07) is 5.67. The first-order valence-corrected chi connectivity index (χ1v) is 9.29. The molecule has 0 bridgehead atoms. The highest BCUT2D eigenvalue weighted by Gasteiger charge is 2.26. The molecule has 3 N–H and O–H groups in total. The van der Waals surface area contributed by atoms with Gasteiger partial charge in [-0.1, -0.05) is 29.8 Å². The average molecular weight is 397 g/mol. The Morgan fingerprint density at radius 3 is 2.50 bits per heavy atom. The van der Waals surface area contributed by atoms with Gasteiger partial charge in [-0.15, -0.1) is 0 Å². The van der Waals surface area contributed by atoms with Crippen molar-refractivity contribution in [2.45, 2.75) is 27.2 Å². The largest absolute Gasteiger partial charge is 0.342 e. The van der Waals surface area contributed by atoms with E-state index in [4.69, 9.17) is 0 Å². The molecule has 1 saturated heterocycles. The topological polar surface area (TPSA) is 62.6 Å². The van der Waals surface area contributed by atoms with E-state index in [9.17, 15) is 9.59 Å². The van der Waals surface area contributed by atoms with Crippen LogP contribution in [0.1, 0.15) is 25.8 Å². The van der Waals surface area contributed by atoms with Crippen LogP contribution < -0.4 is 15.5 Å². The maximum absolute atomic E-state index is 12.1. The van der Waals surface area contributed by atoms with Crippen LogP contribution in [0.2, 0.25) is 0 Å². The molecule has 0 aromatic heterocycles. The van der Waals surface area contributed by atoms with E-state index in [1.807, 2.05) is 25.1 Å². The number of rotatable bonds is 5. The van der Waals surface area contributed by atoms with E-state index in [0.717, 1.165) is 28.8 Å². The van der Waals surface area contributed by atoms with E-state index in [0.29, 0.717) is 18.4 Å². The Morgan fingerprint density at radius 2 is 1.88 bits per heavy atom. The number of likely N-dealkylation sites (tertiary alicyclic amines) is 1. The maximum atomic E-state index is 12.1. The molecule has 1 aromatic carbocycles. The molecule has 1 aliphatic heterocycles. The van der Waals surface area contributed by atoms with E-state index in [-0.39, 0.29) is 18.4 Å². The molecular weight excluding hydrogens is 370 g/mol. The van der Waals surface area contributed by atoms with Gasteiger partial charge in [0.1, 0.15) is 0 Å². The Kier molecular flexibility index (Phi) is 6.80. The molecule has 24 heavy (non-hydrogen) atoms. The van der Waals surface area contributed by atoms with Gasteiger partial charge in [-0.05, 0) is 37.1 Å². The molecule has 0 saturated carbocycles. The van der Waals surface area contributed by atoms with Crippen molar-refractivity contribution in [1.82, 2.24) is 5.32 Å². The molecule has 0 spiro atoms. The third kappa shape index (κ3) is 5.91. The highest BCUT2D eigenvalue weighted by atomic mass is 79.9. The number of hydrogen-bond acceptors (Lipinski definition) is 2. The molecule has 1 aromatic rings. The van der Waals surface area contributed by atoms with Crippen molar-refractivity contribution in [3.63, 3.8) is 0 Å². The summed E-state index contributed by atoms with van der Waals surface area (Å²) in [5, 5.41) is 5.56. The molecule has 3 atom stereocenters. The van der Waals surface area contributed by atoms with Gasteiger partial charge in [-0.25, -0.2) is 0 Å². The first kappa shape index (κ1) is 18.9. The summed E-state index contributed by atoms with van der Waals surface area (Å²) in [4.78, 5) is 25.4. The van der Waals surface area contributed by atoms with Crippen LogP contribution in [0.3, 0.4) is 0 Å². The second-order valence-electron chi connectivity index (χ2n) is 7.07. The van der Waals surface area contributed by atoms with Crippen LogP contribution in [0.15, 0.2) is 22.7 Å². The molecule has 132 valence electrons. The highest BCUT2D eigenvalue weighted by molar-refractivity contribution is 9.10. The average Bonchev–Trinajstić information content (AvgIpc) is 2.47. The Bertz CT molecular complexity index is 596. The van der Waals surface area contributed by atoms with Crippen molar-refractivity contribution in [2.24, 2.45) is 11.8 Å². The number of anilines is 1. The van der Waals surface area contributed by atoms with Crippen LogP contribution in [0.5, 0.6) is 0 Å². The third-order valence-electron chi connectivity index (χ3n) is 4.40. The van der Waals surface area contributed by atoms with E-state index in [1.54, 1.807) is 0 Å². The van der Waals surface area contributed by atoms with Crippen LogP contribution >= 0.6 is 15.9 Å². The van der Waals surface area contributed by atoms with Gasteiger partial charge in [0.25, 0.3) is 5.91 Å². The Balaban J connectivity index is 1.76. The fraction of sp³-hybridized carbons (Fsp3) is 0.556. The summed E-state index contributed by atoms with van der Waals surface area (Å²) < 4.78 is 0.972. The lowest BCUT2D eigenvalue weighted by atomic mass is 9.92. The van der Waals surface area contributed by atoms with Gasteiger partial charge in [0.05, 0.1) is 19.6 Å². The van der Waals surface area contributed by atoms with Crippen LogP contribution in [-0.4, -0.2) is 38.0 Å². The third-order valence-corrected chi connectivity index (χ3v) is 4.89. The SMILES string of the molecule is Cc1cc(Br)ccc1NC(=O)CNC(=O)C[NH+]1C[C@H](C)C[C@H](C)C1. The number of hydrogen-bond donors (Lipinski definition) is 3. The van der Waals surface area contributed by atoms with Gasteiger partial charge in [0, 0.05) is 22.0 Å². The normalized spacial score (nSPS) is 23.6. The van der Waals surface area contributed by atoms with Gasteiger partial charge >= 0.3 is 0 Å². The van der Waals surface area contributed by atoms with Crippen molar-refractivity contribution < 1.29 is 14.5 Å². The molecule has 5 nitrogen and oxygen atoms in total. The number of halogens is 1. The zero-order valence-corrected chi connectivity index (χ0v) is 16.2. The van der Waals surface area contributed by atoms with E-state index >= 15 is 0 Å². The summed E-state index contributed by atoms with van der Waals surface area (Å²) in [6.45, 7) is 8.92.